The Balaban J connectivity index is 3.63. The number of nitrogens with one attached hydrogen (secondary N) is 1. The first kappa shape index (κ1) is 14.9. The fraction of sp³-hybridized carbons (Fsp3) is 1.00. The average Bonchev–Trinajstić information content (AvgIpc) is 2.11. The van der Waals surface area contributed by atoms with E-state index < -0.39 is 0 Å². The predicted octanol–water partition coefficient (Wildman–Crippen LogP) is 2.63. The lowest BCUT2D eigenvalue weighted by atomic mass is 9.81. The molecule has 0 fully saturated rings. The van der Waals surface area contributed by atoms with Crippen molar-refractivity contribution in [1.82, 2.24) is 5.32 Å². The molecule has 0 aliphatic heterocycles. The molecule has 0 rings (SSSR count). The van der Waals surface area contributed by atoms with E-state index in [0.717, 1.165) is 19.5 Å². The van der Waals surface area contributed by atoms with Crippen molar-refractivity contribution >= 4 is 0 Å². The molecule has 15 heavy (non-hydrogen) atoms. The molecule has 0 saturated heterocycles. The van der Waals surface area contributed by atoms with Gasteiger partial charge in [0.05, 0.1) is 0 Å². The third-order valence-electron chi connectivity index (χ3n) is 3.65. The smallest absolute Gasteiger partial charge is 0.00739 e. The Bertz CT molecular complexity index is 162. The number of rotatable bonds is 7. The van der Waals surface area contributed by atoms with E-state index in [0.29, 0.717) is 23.3 Å². The second-order valence-corrected chi connectivity index (χ2v) is 6.02. The van der Waals surface area contributed by atoms with E-state index in [-0.39, 0.29) is 0 Å². The van der Waals surface area contributed by atoms with Crippen LogP contribution in [0.2, 0.25) is 0 Å². The minimum absolute atomic E-state index is 0.333. The maximum atomic E-state index is 5.99. The molecule has 3 N–H and O–H groups in total. The van der Waals surface area contributed by atoms with Crippen molar-refractivity contribution in [2.45, 2.75) is 54.0 Å². The molecule has 2 heteroatoms. The molecule has 0 saturated carbocycles. The molecule has 0 heterocycles. The largest absolute Gasteiger partial charge is 0.327 e. The van der Waals surface area contributed by atoms with Crippen molar-refractivity contribution in [3.8, 4) is 0 Å². The van der Waals surface area contributed by atoms with E-state index in [4.69, 9.17) is 5.73 Å². The molecule has 0 aromatic rings. The van der Waals surface area contributed by atoms with Gasteiger partial charge in [0.25, 0.3) is 0 Å². The van der Waals surface area contributed by atoms with Gasteiger partial charge in [-0.05, 0) is 30.2 Å². The molecule has 0 bridgehead atoms. The molecule has 1 unspecified atom stereocenters. The number of nitrogens with two attached hydrogens (primary N) is 1. The van der Waals surface area contributed by atoms with Crippen molar-refractivity contribution in [3.63, 3.8) is 0 Å². The van der Waals surface area contributed by atoms with E-state index in [9.17, 15) is 0 Å². The predicted molar refractivity (Wildman–Crippen MR) is 68.9 cm³/mol. The number of hydrogen-bond donors (Lipinski definition) is 2. The molecule has 0 radical (unpaired) electrons. The van der Waals surface area contributed by atoms with Crippen LogP contribution in [0.5, 0.6) is 0 Å². The summed E-state index contributed by atoms with van der Waals surface area (Å²) in [5, 5.41) is 3.51. The van der Waals surface area contributed by atoms with E-state index in [1.165, 1.54) is 0 Å². The second-order valence-electron chi connectivity index (χ2n) is 6.02. The van der Waals surface area contributed by atoms with Gasteiger partial charge >= 0.3 is 0 Å². The van der Waals surface area contributed by atoms with Crippen LogP contribution in [-0.2, 0) is 0 Å². The summed E-state index contributed by atoms with van der Waals surface area (Å²) in [5.74, 6) is 1.30. The monoisotopic (exact) mass is 214 g/mol. The Kier molecular flexibility index (Phi) is 6.46. The Morgan fingerprint density at radius 3 is 2.07 bits per heavy atom. The van der Waals surface area contributed by atoms with Gasteiger partial charge in [0.1, 0.15) is 0 Å². The highest BCUT2D eigenvalue weighted by atomic mass is 14.9. The Labute approximate surface area is 96.0 Å². The van der Waals surface area contributed by atoms with Gasteiger partial charge in [-0.3, -0.25) is 0 Å². The Morgan fingerprint density at radius 2 is 1.67 bits per heavy atom. The fourth-order valence-corrected chi connectivity index (χ4v) is 1.22. The first-order valence-corrected chi connectivity index (χ1v) is 6.23. The summed E-state index contributed by atoms with van der Waals surface area (Å²) in [5.41, 5.74) is 6.36. The van der Waals surface area contributed by atoms with Crippen molar-refractivity contribution in [1.29, 1.82) is 0 Å². The van der Waals surface area contributed by atoms with Crippen LogP contribution in [0.4, 0.5) is 0 Å². The van der Waals surface area contributed by atoms with Crippen LogP contribution >= 0.6 is 0 Å². The topological polar surface area (TPSA) is 38.0 Å². The van der Waals surface area contributed by atoms with E-state index in [1.807, 2.05) is 0 Å². The molecule has 0 aromatic carbocycles. The normalized spacial score (nSPS) is 15.0. The molecule has 0 aliphatic carbocycles. The minimum atomic E-state index is 0.333. The lowest BCUT2D eigenvalue weighted by Crippen LogP contribution is -2.37. The minimum Gasteiger partial charge on any atom is -0.327 e. The van der Waals surface area contributed by atoms with Gasteiger partial charge < -0.3 is 11.1 Å². The first-order chi connectivity index (χ1) is 6.77. The van der Waals surface area contributed by atoms with Gasteiger partial charge in [-0.25, -0.2) is 0 Å². The standard InChI is InChI=1S/C13H30N2/c1-10(2)12(14)7-8-15-9-13(5,6)11(3)4/h10-12,15H,7-9,14H2,1-6H3. The summed E-state index contributed by atoms with van der Waals surface area (Å²) < 4.78 is 0. The summed E-state index contributed by atoms with van der Waals surface area (Å²) in [6.07, 6.45) is 1.08. The fourth-order valence-electron chi connectivity index (χ4n) is 1.22. The molecule has 1 atom stereocenters. The lowest BCUT2D eigenvalue weighted by Gasteiger charge is -2.30. The van der Waals surface area contributed by atoms with Gasteiger partial charge in [0, 0.05) is 12.6 Å². The van der Waals surface area contributed by atoms with Crippen LogP contribution in [0.25, 0.3) is 0 Å². The van der Waals surface area contributed by atoms with Gasteiger partial charge in [0.2, 0.25) is 0 Å². The first-order valence-electron chi connectivity index (χ1n) is 6.23. The lowest BCUT2D eigenvalue weighted by molar-refractivity contribution is 0.237. The van der Waals surface area contributed by atoms with Crippen LogP contribution in [0.1, 0.15) is 48.0 Å². The van der Waals surface area contributed by atoms with Gasteiger partial charge in [0.15, 0.2) is 0 Å². The van der Waals surface area contributed by atoms with Crippen molar-refractivity contribution in [2.24, 2.45) is 23.0 Å². The molecule has 0 aliphatic rings. The van der Waals surface area contributed by atoms with Crippen LogP contribution < -0.4 is 11.1 Å². The zero-order chi connectivity index (χ0) is 12.1. The highest BCUT2D eigenvalue weighted by molar-refractivity contribution is 4.75. The molecule has 92 valence electrons. The Morgan fingerprint density at radius 1 is 1.13 bits per heavy atom. The summed E-state index contributed by atoms with van der Waals surface area (Å²) in [7, 11) is 0. The highest BCUT2D eigenvalue weighted by Crippen LogP contribution is 2.24. The molecular weight excluding hydrogens is 184 g/mol. The van der Waals surface area contributed by atoms with Gasteiger partial charge in [-0.15, -0.1) is 0 Å². The Hall–Kier alpha value is -0.0800. The summed E-state index contributed by atoms with van der Waals surface area (Å²) >= 11 is 0. The third kappa shape index (κ3) is 6.16. The van der Waals surface area contributed by atoms with E-state index >= 15 is 0 Å². The third-order valence-corrected chi connectivity index (χ3v) is 3.65. The second kappa shape index (κ2) is 6.49. The van der Waals surface area contributed by atoms with Gasteiger partial charge in [-0.2, -0.15) is 0 Å². The highest BCUT2D eigenvalue weighted by Gasteiger charge is 2.21. The van der Waals surface area contributed by atoms with Crippen LogP contribution in [0.15, 0.2) is 0 Å². The van der Waals surface area contributed by atoms with Crippen molar-refractivity contribution in [3.05, 3.63) is 0 Å². The number of hydrogen-bond acceptors (Lipinski definition) is 2. The summed E-state index contributed by atoms with van der Waals surface area (Å²) in [6, 6.07) is 0.333. The maximum absolute atomic E-state index is 5.99. The van der Waals surface area contributed by atoms with Gasteiger partial charge in [-0.1, -0.05) is 41.5 Å². The molecule has 0 spiro atoms. The molecule has 2 nitrogen and oxygen atoms in total. The zero-order valence-electron chi connectivity index (χ0n) is 11.4. The van der Waals surface area contributed by atoms with Crippen LogP contribution in [-0.4, -0.2) is 19.1 Å². The SMILES string of the molecule is CC(C)C(N)CCNCC(C)(C)C(C)C. The average molecular weight is 214 g/mol. The van der Waals surface area contributed by atoms with E-state index in [1.54, 1.807) is 0 Å². The molecule has 0 amide bonds. The summed E-state index contributed by atoms with van der Waals surface area (Å²) in [6.45, 7) is 15.7. The van der Waals surface area contributed by atoms with Crippen molar-refractivity contribution < 1.29 is 0 Å². The maximum Gasteiger partial charge on any atom is 0.00739 e. The van der Waals surface area contributed by atoms with Crippen LogP contribution in [0, 0.1) is 17.3 Å². The molecule has 0 aromatic heterocycles. The molecular formula is C13H30N2. The quantitative estimate of drug-likeness (QED) is 0.639. The summed E-state index contributed by atoms with van der Waals surface area (Å²) in [4.78, 5) is 0. The zero-order valence-corrected chi connectivity index (χ0v) is 11.4. The van der Waals surface area contributed by atoms with E-state index in [2.05, 4.69) is 46.9 Å². The van der Waals surface area contributed by atoms with Crippen LogP contribution in [0.3, 0.4) is 0 Å². The van der Waals surface area contributed by atoms with Crippen molar-refractivity contribution in [2.75, 3.05) is 13.1 Å².